The van der Waals surface area contributed by atoms with Crippen molar-refractivity contribution in [2.75, 3.05) is 13.6 Å². The Morgan fingerprint density at radius 1 is 1.15 bits per heavy atom. The van der Waals surface area contributed by atoms with E-state index in [0.717, 1.165) is 19.3 Å². The molecule has 0 aromatic heterocycles. The van der Waals surface area contributed by atoms with E-state index in [4.69, 9.17) is 5.73 Å². The van der Waals surface area contributed by atoms with Gasteiger partial charge in [-0.05, 0) is 37.6 Å². The largest absolute Gasteiger partial charge is 0.363 e. The molecule has 0 aromatic rings. The maximum absolute atomic E-state index is 13.0. The summed E-state index contributed by atoms with van der Waals surface area (Å²) in [5, 5.41) is 5.74. The molecule has 3 amide bonds. The number of primary amides is 1. The first-order valence-electron chi connectivity index (χ1n) is 9.68. The standard InChI is InChI=1S/C19H32N4O4/c1-19(2,3)15(21-4)18(27)23-9-5-6-13(23)17(26)22-12(10-11-7-8-11)14(24)16(20)25/h11-13,15,21H,5-10H2,1-4H3,(H2,20,25)(H,22,26). The lowest BCUT2D eigenvalue weighted by molar-refractivity contribution is -0.143. The minimum atomic E-state index is -1.04. The van der Waals surface area contributed by atoms with Gasteiger partial charge in [-0.3, -0.25) is 19.2 Å². The molecule has 152 valence electrons. The van der Waals surface area contributed by atoms with Gasteiger partial charge in [0, 0.05) is 6.54 Å². The zero-order valence-electron chi connectivity index (χ0n) is 16.7. The van der Waals surface area contributed by atoms with E-state index in [9.17, 15) is 19.2 Å². The fourth-order valence-electron chi connectivity index (χ4n) is 3.75. The van der Waals surface area contributed by atoms with E-state index in [1.54, 1.807) is 11.9 Å². The number of likely N-dealkylation sites (tertiary alicyclic amines) is 1. The van der Waals surface area contributed by atoms with Crippen molar-refractivity contribution in [1.82, 2.24) is 15.5 Å². The first-order valence-corrected chi connectivity index (χ1v) is 9.68. The van der Waals surface area contributed by atoms with Gasteiger partial charge in [0.25, 0.3) is 5.91 Å². The molecule has 2 rings (SSSR count). The van der Waals surface area contributed by atoms with Crippen LogP contribution in [-0.2, 0) is 19.2 Å². The van der Waals surface area contributed by atoms with Crippen molar-refractivity contribution in [1.29, 1.82) is 0 Å². The Balaban J connectivity index is 2.09. The van der Waals surface area contributed by atoms with Gasteiger partial charge < -0.3 is 21.3 Å². The molecule has 4 N–H and O–H groups in total. The smallest absolute Gasteiger partial charge is 0.287 e. The van der Waals surface area contributed by atoms with E-state index in [2.05, 4.69) is 10.6 Å². The lowest BCUT2D eigenvalue weighted by Gasteiger charge is -2.35. The molecule has 27 heavy (non-hydrogen) atoms. The van der Waals surface area contributed by atoms with Crippen molar-refractivity contribution in [2.24, 2.45) is 17.1 Å². The van der Waals surface area contributed by atoms with Gasteiger partial charge in [0.2, 0.25) is 17.6 Å². The van der Waals surface area contributed by atoms with Crippen molar-refractivity contribution in [3.05, 3.63) is 0 Å². The monoisotopic (exact) mass is 380 g/mol. The number of hydrogen-bond donors (Lipinski definition) is 3. The number of amides is 3. The van der Waals surface area contributed by atoms with Gasteiger partial charge in [-0.15, -0.1) is 0 Å². The second-order valence-corrected chi connectivity index (χ2v) is 8.75. The Bertz CT molecular complexity index is 609. The molecule has 8 heteroatoms. The predicted octanol–water partition coefficient (Wildman–Crippen LogP) is -0.0492. The van der Waals surface area contributed by atoms with E-state index in [1.807, 2.05) is 20.8 Å². The number of nitrogens with two attached hydrogens (primary N) is 1. The van der Waals surface area contributed by atoms with Gasteiger partial charge in [-0.25, -0.2) is 0 Å². The second kappa shape index (κ2) is 8.37. The maximum Gasteiger partial charge on any atom is 0.287 e. The van der Waals surface area contributed by atoms with Crippen LogP contribution < -0.4 is 16.4 Å². The lowest BCUT2D eigenvalue weighted by Crippen LogP contribution is -2.57. The Kier molecular flexibility index (Phi) is 6.62. The molecule has 8 nitrogen and oxygen atoms in total. The molecule has 1 saturated carbocycles. The maximum atomic E-state index is 13.0. The average Bonchev–Trinajstić information content (AvgIpc) is 3.24. The number of hydrogen-bond acceptors (Lipinski definition) is 5. The predicted molar refractivity (Wildman–Crippen MR) is 101 cm³/mol. The van der Waals surface area contributed by atoms with Crippen molar-refractivity contribution in [2.45, 2.75) is 71.0 Å². The van der Waals surface area contributed by atoms with E-state index >= 15 is 0 Å². The van der Waals surface area contributed by atoms with Crippen LogP contribution in [0.25, 0.3) is 0 Å². The van der Waals surface area contributed by atoms with Gasteiger partial charge >= 0.3 is 0 Å². The number of carbonyl (C=O) groups excluding carboxylic acids is 4. The van der Waals surface area contributed by atoms with Crippen LogP contribution in [-0.4, -0.2) is 60.1 Å². The van der Waals surface area contributed by atoms with Crippen LogP contribution in [0.5, 0.6) is 0 Å². The number of Topliss-reactive ketones (excluding diaryl/α,β-unsaturated/α-hetero) is 1. The van der Waals surface area contributed by atoms with Gasteiger partial charge in [0.1, 0.15) is 6.04 Å². The van der Waals surface area contributed by atoms with Crippen molar-refractivity contribution in [3.8, 4) is 0 Å². The van der Waals surface area contributed by atoms with E-state index in [0.29, 0.717) is 25.3 Å². The molecule has 3 atom stereocenters. The summed E-state index contributed by atoms with van der Waals surface area (Å²) >= 11 is 0. The molecule has 1 saturated heterocycles. The number of rotatable bonds is 8. The zero-order valence-corrected chi connectivity index (χ0v) is 16.7. The van der Waals surface area contributed by atoms with Crippen LogP contribution >= 0.6 is 0 Å². The molecule has 0 bridgehead atoms. The third kappa shape index (κ3) is 5.28. The van der Waals surface area contributed by atoms with Crippen LogP contribution in [0.3, 0.4) is 0 Å². The SMILES string of the molecule is CNC(C(=O)N1CCCC1C(=O)NC(CC1CC1)C(=O)C(N)=O)C(C)(C)C. The van der Waals surface area contributed by atoms with Crippen LogP contribution in [0.4, 0.5) is 0 Å². The molecule has 2 aliphatic rings. The average molecular weight is 380 g/mol. The van der Waals surface area contributed by atoms with Crippen LogP contribution in [0, 0.1) is 11.3 Å². The first-order chi connectivity index (χ1) is 12.6. The highest BCUT2D eigenvalue weighted by Crippen LogP contribution is 2.34. The van der Waals surface area contributed by atoms with Gasteiger partial charge in [0.05, 0.1) is 12.1 Å². The number of carbonyl (C=O) groups is 4. The molecule has 1 heterocycles. The summed E-state index contributed by atoms with van der Waals surface area (Å²) in [7, 11) is 1.73. The van der Waals surface area contributed by atoms with Crippen LogP contribution in [0.2, 0.25) is 0 Å². The molecule has 3 unspecified atom stereocenters. The van der Waals surface area contributed by atoms with E-state index < -0.39 is 29.8 Å². The van der Waals surface area contributed by atoms with Gasteiger partial charge in [0.15, 0.2) is 0 Å². The summed E-state index contributed by atoms with van der Waals surface area (Å²) in [5.41, 5.74) is 4.83. The van der Waals surface area contributed by atoms with E-state index in [-0.39, 0.29) is 17.2 Å². The number of nitrogens with zero attached hydrogens (tertiary/aromatic N) is 1. The van der Waals surface area contributed by atoms with Crippen LogP contribution in [0.1, 0.15) is 52.9 Å². The Morgan fingerprint density at radius 3 is 2.26 bits per heavy atom. The fraction of sp³-hybridized carbons (Fsp3) is 0.789. The zero-order chi connectivity index (χ0) is 20.4. The molecule has 0 spiro atoms. The third-order valence-corrected chi connectivity index (χ3v) is 5.38. The minimum absolute atomic E-state index is 0.123. The molecule has 1 aliphatic carbocycles. The molecule has 2 fully saturated rings. The normalized spacial score (nSPS) is 22.2. The summed E-state index contributed by atoms with van der Waals surface area (Å²) in [4.78, 5) is 50.8. The summed E-state index contributed by atoms with van der Waals surface area (Å²) < 4.78 is 0. The second-order valence-electron chi connectivity index (χ2n) is 8.75. The summed E-state index contributed by atoms with van der Waals surface area (Å²) in [6.45, 7) is 6.40. The third-order valence-electron chi connectivity index (χ3n) is 5.38. The first kappa shape index (κ1) is 21.3. The van der Waals surface area contributed by atoms with Gasteiger partial charge in [-0.2, -0.15) is 0 Å². The van der Waals surface area contributed by atoms with Gasteiger partial charge in [-0.1, -0.05) is 33.6 Å². The van der Waals surface area contributed by atoms with Crippen LogP contribution in [0.15, 0.2) is 0 Å². The molecular formula is C19H32N4O4. The van der Waals surface area contributed by atoms with Crippen molar-refractivity contribution < 1.29 is 19.2 Å². The molecule has 1 aliphatic heterocycles. The highest BCUT2D eigenvalue weighted by atomic mass is 16.2. The Morgan fingerprint density at radius 2 is 1.78 bits per heavy atom. The number of likely N-dealkylation sites (N-methyl/N-ethyl adjacent to an activating group) is 1. The van der Waals surface area contributed by atoms with E-state index in [1.165, 1.54) is 0 Å². The molecule has 0 radical (unpaired) electrons. The fourth-order valence-corrected chi connectivity index (χ4v) is 3.75. The highest BCUT2D eigenvalue weighted by Gasteiger charge is 2.42. The molecule has 0 aromatic carbocycles. The highest BCUT2D eigenvalue weighted by molar-refractivity contribution is 6.37. The topological polar surface area (TPSA) is 122 Å². The molecular weight excluding hydrogens is 348 g/mol. The lowest BCUT2D eigenvalue weighted by atomic mass is 9.86. The number of ketones is 1. The van der Waals surface area contributed by atoms with Crippen molar-refractivity contribution >= 4 is 23.5 Å². The van der Waals surface area contributed by atoms with Crippen molar-refractivity contribution in [3.63, 3.8) is 0 Å². The Labute approximate surface area is 160 Å². The summed E-state index contributed by atoms with van der Waals surface area (Å²) in [6.07, 6.45) is 3.67. The Hall–Kier alpha value is -1.96. The summed E-state index contributed by atoms with van der Waals surface area (Å²) in [5.74, 6) is -1.97. The quantitative estimate of drug-likeness (QED) is 0.510. The summed E-state index contributed by atoms with van der Waals surface area (Å²) in [6, 6.07) is -1.94. The number of nitrogens with one attached hydrogen (secondary N) is 2. The minimum Gasteiger partial charge on any atom is -0.363 e.